The Hall–Kier alpha value is -1.09. The van der Waals surface area contributed by atoms with Crippen LogP contribution in [-0.2, 0) is 4.74 Å². The van der Waals surface area contributed by atoms with Crippen molar-refractivity contribution in [1.29, 1.82) is 0 Å². The van der Waals surface area contributed by atoms with E-state index in [0.717, 1.165) is 17.9 Å². The number of hydrogen-bond donors (Lipinski definition) is 1. The Balaban J connectivity index is 2.55. The van der Waals surface area contributed by atoms with E-state index in [0.29, 0.717) is 6.04 Å². The number of nitrogens with zero attached hydrogens (tertiary/aromatic N) is 1. The average molecular weight is 222 g/mol. The number of ether oxygens (including phenoxy) is 1. The number of pyridine rings is 1. The van der Waals surface area contributed by atoms with Crippen LogP contribution in [0.1, 0.15) is 32.9 Å². The Bertz CT molecular complexity index is 336. The van der Waals surface area contributed by atoms with Crippen LogP contribution in [0.4, 0.5) is 5.82 Å². The molecule has 90 valence electrons. The van der Waals surface area contributed by atoms with Gasteiger partial charge in [0.1, 0.15) is 5.82 Å². The largest absolute Gasteiger partial charge is 0.379 e. The first-order valence-corrected chi connectivity index (χ1v) is 5.68. The Morgan fingerprint density at radius 1 is 1.44 bits per heavy atom. The number of rotatable bonds is 5. The molecule has 0 aliphatic carbocycles. The molecule has 0 aromatic carbocycles. The second-order valence-corrected chi connectivity index (χ2v) is 4.88. The number of nitrogens with one attached hydrogen (secondary N) is 1. The molecule has 1 aromatic heterocycles. The molecule has 0 radical (unpaired) electrons. The standard InChI is InChI=1S/C13H22N2O/c1-10-7-6-8-12(14-10)15-11(2)9-13(3,4)16-5/h6-8,11H,9H2,1-5H3,(H,14,15). The molecule has 1 unspecified atom stereocenters. The lowest BCUT2D eigenvalue weighted by Crippen LogP contribution is -2.31. The third-order valence-electron chi connectivity index (χ3n) is 2.63. The minimum Gasteiger partial charge on any atom is -0.379 e. The molecule has 3 nitrogen and oxygen atoms in total. The van der Waals surface area contributed by atoms with Crippen molar-refractivity contribution in [2.24, 2.45) is 0 Å². The normalized spacial score (nSPS) is 13.6. The van der Waals surface area contributed by atoms with Gasteiger partial charge in [-0.15, -0.1) is 0 Å². The molecule has 1 N–H and O–H groups in total. The highest BCUT2D eigenvalue weighted by molar-refractivity contribution is 5.36. The summed E-state index contributed by atoms with van der Waals surface area (Å²) in [5, 5.41) is 3.38. The molecular formula is C13H22N2O. The van der Waals surface area contributed by atoms with Crippen LogP contribution in [0.5, 0.6) is 0 Å². The van der Waals surface area contributed by atoms with Crippen molar-refractivity contribution in [2.75, 3.05) is 12.4 Å². The molecule has 1 rings (SSSR count). The van der Waals surface area contributed by atoms with Crippen molar-refractivity contribution in [2.45, 2.75) is 45.8 Å². The molecule has 1 aromatic rings. The van der Waals surface area contributed by atoms with Gasteiger partial charge in [-0.3, -0.25) is 0 Å². The topological polar surface area (TPSA) is 34.1 Å². The van der Waals surface area contributed by atoms with Gasteiger partial charge in [0.05, 0.1) is 5.60 Å². The van der Waals surface area contributed by atoms with E-state index in [1.165, 1.54) is 0 Å². The number of anilines is 1. The molecular weight excluding hydrogens is 200 g/mol. The Labute approximate surface area is 98.2 Å². The Morgan fingerprint density at radius 3 is 2.69 bits per heavy atom. The zero-order valence-corrected chi connectivity index (χ0v) is 10.9. The van der Waals surface area contributed by atoms with Crippen LogP contribution in [-0.4, -0.2) is 23.7 Å². The minimum absolute atomic E-state index is 0.101. The van der Waals surface area contributed by atoms with Crippen molar-refractivity contribution < 1.29 is 4.74 Å². The van der Waals surface area contributed by atoms with Gasteiger partial charge in [-0.2, -0.15) is 0 Å². The van der Waals surface area contributed by atoms with E-state index in [4.69, 9.17) is 4.74 Å². The third-order valence-corrected chi connectivity index (χ3v) is 2.63. The molecule has 16 heavy (non-hydrogen) atoms. The van der Waals surface area contributed by atoms with E-state index < -0.39 is 0 Å². The minimum atomic E-state index is -0.101. The summed E-state index contributed by atoms with van der Waals surface area (Å²) < 4.78 is 5.41. The number of aryl methyl sites for hydroxylation is 1. The van der Waals surface area contributed by atoms with Gasteiger partial charge in [0.25, 0.3) is 0 Å². The average Bonchev–Trinajstić information content (AvgIpc) is 2.16. The zero-order valence-electron chi connectivity index (χ0n) is 10.9. The van der Waals surface area contributed by atoms with Crippen LogP contribution in [0, 0.1) is 6.92 Å². The highest BCUT2D eigenvalue weighted by atomic mass is 16.5. The van der Waals surface area contributed by atoms with E-state index in [2.05, 4.69) is 31.1 Å². The fourth-order valence-electron chi connectivity index (χ4n) is 1.75. The van der Waals surface area contributed by atoms with Gasteiger partial charge in [-0.25, -0.2) is 4.98 Å². The van der Waals surface area contributed by atoms with Crippen LogP contribution < -0.4 is 5.32 Å². The fourth-order valence-corrected chi connectivity index (χ4v) is 1.75. The van der Waals surface area contributed by atoms with E-state index in [9.17, 15) is 0 Å². The maximum atomic E-state index is 5.41. The Kier molecular flexibility index (Phi) is 4.30. The lowest BCUT2D eigenvalue weighted by Gasteiger charge is -2.27. The van der Waals surface area contributed by atoms with Gasteiger partial charge in [0.2, 0.25) is 0 Å². The summed E-state index contributed by atoms with van der Waals surface area (Å²) in [7, 11) is 1.75. The van der Waals surface area contributed by atoms with Crippen LogP contribution in [0.25, 0.3) is 0 Å². The van der Waals surface area contributed by atoms with Crippen LogP contribution in [0.15, 0.2) is 18.2 Å². The van der Waals surface area contributed by atoms with Crippen molar-refractivity contribution in [1.82, 2.24) is 4.98 Å². The summed E-state index contributed by atoms with van der Waals surface area (Å²) in [4.78, 5) is 4.42. The monoisotopic (exact) mass is 222 g/mol. The van der Waals surface area contributed by atoms with E-state index in [-0.39, 0.29) is 5.60 Å². The van der Waals surface area contributed by atoms with Gasteiger partial charge >= 0.3 is 0 Å². The number of hydrogen-bond acceptors (Lipinski definition) is 3. The molecule has 0 aliphatic heterocycles. The van der Waals surface area contributed by atoms with Crippen molar-refractivity contribution >= 4 is 5.82 Å². The van der Waals surface area contributed by atoms with E-state index in [1.54, 1.807) is 7.11 Å². The van der Waals surface area contributed by atoms with Gasteiger partial charge < -0.3 is 10.1 Å². The Morgan fingerprint density at radius 2 is 2.12 bits per heavy atom. The predicted molar refractivity (Wildman–Crippen MR) is 67.8 cm³/mol. The molecule has 0 saturated heterocycles. The molecule has 3 heteroatoms. The summed E-state index contributed by atoms with van der Waals surface area (Å²) in [5.41, 5.74) is 0.930. The zero-order chi connectivity index (χ0) is 12.2. The molecule has 1 atom stereocenters. The van der Waals surface area contributed by atoms with Crippen LogP contribution in [0.2, 0.25) is 0 Å². The highest BCUT2D eigenvalue weighted by Gasteiger charge is 2.20. The molecule has 0 fully saturated rings. The summed E-state index contributed by atoms with van der Waals surface area (Å²) in [5.74, 6) is 0.930. The first kappa shape index (κ1) is 13.0. The molecule has 1 heterocycles. The summed E-state index contributed by atoms with van der Waals surface area (Å²) in [6.45, 7) is 8.32. The molecule has 0 amide bonds. The first-order valence-electron chi connectivity index (χ1n) is 5.68. The SMILES string of the molecule is COC(C)(C)CC(C)Nc1cccc(C)n1. The van der Waals surface area contributed by atoms with Gasteiger partial charge in [0, 0.05) is 18.8 Å². The van der Waals surface area contributed by atoms with Crippen LogP contribution >= 0.6 is 0 Å². The number of methoxy groups -OCH3 is 1. The lowest BCUT2D eigenvalue weighted by molar-refractivity contribution is 0.0128. The smallest absolute Gasteiger partial charge is 0.126 e. The quantitative estimate of drug-likeness (QED) is 0.831. The molecule has 0 spiro atoms. The maximum Gasteiger partial charge on any atom is 0.126 e. The highest BCUT2D eigenvalue weighted by Crippen LogP contribution is 2.17. The molecule has 0 bridgehead atoms. The predicted octanol–water partition coefficient (Wildman–Crippen LogP) is 3.01. The summed E-state index contributed by atoms with van der Waals surface area (Å²) >= 11 is 0. The van der Waals surface area contributed by atoms with Gasteiger partial charge in [-0.1, -0.05) is 6.07 Å². The second-order valence-electron chi connectivity index (χ2n) is 4.88. The molecule has 0 aliphatic rings. The fraction of sp³-hybridized carbons (Fsp3) is 0.615. The maximum absolute atomic E-state index is 5.41. The van der Waals surface area contributed by atoms with Gasteiger partial charge in [-0.05, 0) is 46.2 Å². The number of aromatic nitrogens is 1. The van der Waals surface area contributed by atoms with Crippen molar-refractivity contribution in [3.8, 4) is 0 Å². The lowest BCUT2D eigenvalue weighted by atomic mass is 10.00. The third kappa shape index (κ3) is 4.19. The van der Waals surface area contributed by atoms with E-state index in [1.807, 2.05) is 25.1 Å². The molecule has 0 saturated carbocycles. The van der Waals surface area contributed by atoms with Gasteiger partial charge in [0.15, 0.2) is 0 Å². The van der Waals surface area contributed by atoms with Crippen molar-refractivity contribution in [3.05, 3.63) is 23.9 Å². The summed E-state index contributed by atoms with van der Waals surface area (Å²) in [6, 6.07) is 6.33. The summed E-state index contributed by atoms with van der Waals surface area (Å²) in [6.07, 6.45) is 0.944. The first-order chi connectivity index (χ1) is 7.43. The van der Waals surface area contributed by atoms with E-state index >= 15 is 0 Å². The van der Waals surface area contributed by atoms with Crippen molar-refractivity contribution in [3.63, 3.8) is 0 Å². The van der Waals surface area contributed by atoms with Crippen LogP contribution in [0.3, 0.4) is 0 Å². The second kappa shape index (κ2) is 5.30.